The van der Waals surface area contributed by atoms with Gasteiger partial charge in [-0.1, -0.05) is 25.8 Å². The molecule has 1 aromatic carbocycles. The standard InChI is InChI=1S/C16H17F3N4O3/c1-2-3-4-8-26-14-13(16(17,18)19)10-20-15(22-14)21-11-6-5-7-12(9-11)23(24)25/h5-7,9-10H,2-4,8H2,1H3,(H,20,21,22). The van der Waals surface area contributed by atoms with Gasteiger partial charge in [0.25, 0.3) is 5.69 Å². The van der Waals surface area contributed by atoms with Gasteiger partial charge in [-0.05, 0) is 12.5 Å². The molecule has 0 aliphatic carbocycles. The van der Waals surface area contributed by atoms with Crippen molar-refractivity contribution in [1.29, 1.82) is 0 Å². The Hall–Kier alpha value is -2.91. The summed E-state index contributed by atoms with van der Waals surface area (Å²) < 4.78 is 44.4. The number of unbranched alkanes of at least 4 members (excludes halogenated alkanes) is 2. The number of alkyl halides is 3. The number of hydrogen-bond acceptors (Lipinski definition) is 6. The fourth-order valence-electron chi connectivity index (χ4n) is 2.08. The van der Waals surface area contributed by atoms with Crippen molar-refractivity contribution in [3.63, 3.8) is 0 Å². The van der Waals surface area contributed by atoms with Crippen LogP contribution in [0.15, 0.2) is 30.5 Å². The Morgan fingerprint density at radius 3 is 2.73 bits per heavy atom. The van der Waals surface area contributed by atoms with Crippen LogP contribution in [-0.2, 0) is 6.18 Å². The van der Waals surface area contributed by atoms with Crippen molar-refractivity contribution in [3.05, 3.63) is 46.1 Å². The third-order valence-corrected chi connectivity index (χ3v) is 3.36. The molecule has 140 valence electrons. The summed E-state index contributed by atoms with van der Waals surface area (Å²) >= 11 is 0. The van der Waals surface area contributed by atoms with E-state index in [-0.39, 0.29) is 23.9 Å². The van der Waals surface area contributed by atoms with E-state index in [1.54, 1.807) is 0 Å². The number of anilines is 2. The van der Waals surface area contributed by atoms with E-state index >= 15 is 0 Å². The van der Waals surface area contributed by atoms with Gasteiger partial charge >= 0.3 is 6.18 Å². The minimum Gasteiger partial charge on any atom is -0.477 e. The van der Waals surface area contributed by atoms with Gasteiger partial charge in [-0.2, -0.15) is 18.2 Å². The molecule has 0 spiro atoms. The molecule has 0 bridgehead atoms. The topological polar surface area (TPSA) is 90.2 Å². The molecule has 0 radical (unpaired) electrons. The lowest BCUT2D eigenvalue weighted by atomic mass is 10.2. The van der Waals surface area contributed by atoms with Crippen molar-refractivity contribution in [1.82, 2.24) is 9.97 Å². The predicted molar refractivity (Wildman–Crippen MR) is 88.4 cm³/mol. The second kappa shape index (κ2) is 8.45. The molecule has 0 unspecified atom stereocenters. The molecule has 0 saturated carbocycles. The first kappa shape index (κ1) is 19.4. The molecule has 26 heavy (non-hydrogen) atoms. The van der Waals surface area contributed by atoms with Crippen LogP contribution in [0.5, 0.6) is 5.88 Å². The average molecular weight is 370 g/mol. The second-order valence-corrected chi connectivity index (χ2v) is 5.40. The third kappa shape index (κ3) is 5.30. The highest BCUT2D eigenvalue weighted by molar-refractivity contribution is 5.58. The van der Waals surface area contributed by atoms with E-state index in [4.69, 9.17) is 4.74 Å². The molecule has 0 amide bonds. The van der Waals surface area contributed by atoms with Gasteiger partial charge in [0.05, 0.1) is 11.5 Å². The summed E-state index contributed by atoms with van der Waals surface area (Å²) in [6, 6.07) is 5.46. The Balaban J connectivity index is 2.23. The van der Waals surface area contributed by atoms with Crippen molar-refractivity contribution in [2.45, 2.75) is 32.4 Å². The van der Waals surface area contributed by atoms with E-state index in [1.807, 2.05) is 6.92 Å². The fourth-order valence-corrected chi connectivity index (χ4v) is 2.08. The number of ether oxygens (including phenoxy) is 1. The fraction of sp³-hybridized carbons (Fsp3) is 0.375. The van der Waals surface area contributed by atoms with Crippen LogP contribution in [0.3, 0.4) is 0 Å². The molecule has 0 aliphatic heterocycles. The number of non-ortho nitro benzene ring substituents is 1. The number of benzene rings is 1. The second-order valence-electron chi connectivity index (χ2n) is 5.40. The summed E-state index contributed by atoms with van der Waals surface area (Å²) in [4.78, 5) is 17.6. The Morgan fingerprint density at radius 1 is 1.31 bits per heavy atom. The largest absolute Gasteiger partial charge is 0.477 e. The van der Waals surface area contributed by atoms with Crippen LogP contribution >= 0.6 is 0 Å². The molecule has 1 heterocycles. The first-order valence-electron chi connectivity index (χ1n) is 7.89. The highest BCUT2D eigenvalue weighted by Gasteiger charge is 2.36. The smallest absolute Gasteiger partial charge is 0.423 e. The molecule has 2 rings (SSSR count). The zero-order valence-electron chi connectivity index (χ0n) is 13.9. The number of nitrogens with zero attached hydrogens (tertiary/aromatic N) is 3. The van der Waals surface area contributed by atoms with Crippen LogP contribution < -0.4 is 10.1 Å². The average Bonchev–Trinajstić information content (AvgIpc) is 2.58. The van der Waals surface area contributed by atoms with E-state index in [1.165, 1.54) is 24.3 Å². The number of nitrogens with one attached hydrogen (secondary N) is 1. The van der Waals surface area contributed by atoms with Gasteiger partial charge in [0, 0.05) is 24.0 Å². The summed E-state index contributed by atoms with van der Waals surface area (Å²) in [5.74, 6) is -0.722. The number of halogens is 3. The third-order valence-electron chi connectivity index (χ3n) is 3.36. The van der Waals surface area contributed by atoms with E-state index in [9.17, 15) is 23.3 Å². The number of aromatic nitrogens is 2. The zero-order chi connectivity index (χ0) is 19.2. The predicted octanol–water partition coefficient (Wildman–Crippen LogP) is 4.72. The lowest BCUT2D eigenvalue weighted by Crippen LogP contribution is -2.13. The summed E-state index contributed by atoms with van der Waals surface area (Å²) in [5, 5.41) is 13.4. The van der Waals surface area contributed by atoms with Gasteiger partial charge < -0.3 is 10.1 Å². The van der Waals surface area contributed by atoms with Gasteiger partial charge in [0.2, 0.25) is 11.8 Å². The molecule has 1 aromatic heterocycles. The Bertz CT molecular complexity index is 769. The molecule has 0 atom stereocenters. The molecule has 2 aromatic rings. The highest BCUT2D eigenvalue weighted by atomic mass is 19.4. The van der Waals surface area contributed by atoms with Crippen LogP contribution in [0.2, 0.25) is 0 Å². The van der Waals surface area contributed by atoms with Crippen molar-refractivity contribution >= 4 is 17.3 Å². The first-order valence-corrected chi connectivity index (χ1v) is 7.89. The first-order chi connectivity index (χ1) is 12.3. The van der Waals surface area contributed by atoms with Gasteiger partial charge in [-0.3, -0.25) is 10.1 Å². The van der Waals surface area contributed by atoms with Crippen LogP contribution in [0.1, 0.15) is 31.7 Å². The van der Waals surface area contributed by atoms with Gasteiger partial charge in [0.1, 0.15) is 5.56 Å². The molecule has 0 fully saturated rings. The van der Waals surface area contributed by atoms with Crippen LogP contribution in [0, 0.1) is 10.1 Å². The number of rotatable bonds is 8. The lowest BCUT2D eigenvalue weighted by Gasteiger charge is -2.14. The van der Waals surface area contributed by atoms with Gasteiger partial charge in [-0.25, -0.2) is 4.98 Å². The number of nitro groups is 1. The molecular weight excluding hydrogens is 353 g/mol. The molecule has 7 nitrogen and oxygen atoms in total. The SMILES string of the molecule is CCCCCOc1nc(Nc2cccc([N+](=O)[O-])c2)ncc1C(F)(F)F. The maximum absolute atomic E-state index is 13.1. The van der Waals surface area contributed by atoms with E-state index < -0.39 is 22.5 Å². The normalized spacial score (nSPS) is 11.2. The summed E-state index contributed by atoms with van der Waals surface area (Å²) in [5.41, 5.74) is -0.965. The molecular formula is C16H17F3N4O3. The molecule has 0 aliphatic rings. The number of hydrogen-bond donors (Lipinski definition) is 1. The highest BCUT2D eigenvalue weighted by Crippen LogP contribution is 2.35. The van der Waals surface area contributed by atoms with Crippen molar-refractivity contribution < 1.29 is 22.8 Å². The van der Waals surface area contributed by atoms with Crippen LogP contribution in [0.25, 0.3) is 0 Å². The molecule has 0 saturated heterocycles. The monoisotopic (exact) mass is 370 g/mol. The van der Waals surface area contributed by atoms with E-state index in [2.05, 4.69) is 15.3 Å². The maximum Gasteiger partial charge on any atom is 0.423 e. The van der Waals surface area contributed by atoms with Crippen molar-refractivity contribution in [2.75, 3.05) is 11.9 Å². The van der Waals surface area contributed by atoms with Crippen molar-refractivity contribution in [3.8, 4) is 5.88 Å². The maximum atomic E-state index is 13.1. The van der Waals surface area contributed by atoms with Crippen LogP contribution in [-0.4, -0.2) is 21.5 Å². The molecule has 10 heteroatoms. The van der Waals surface area contributed by atoms with Crippen LogP contribution in [0.4, 0.5) is 30.5 Å². The summed E-state index contributed by atoms with van der Waals surface area (Å²) in [6.07, 6.45) is -1.69. The minimum atomic E-state index is -4.65. The molecule has 1 N–H and O–H groups in total. The quantitative estimate of drug-likeness (QED) is 0.411. The van der Waals surface area contributed by atoms with E-state index in [0.717, 1.165) is 12.8 Å². The van der Waals surface area contributed by atoms with Gasteiger partial charge in [-0.15, -0.1) is 0 Å². The van der Waals surface area contributed by atoms with Gasteiger partial charge in [0.15, 0.2) is 0 Å². The Kier molecular flexibility index (Phi) is 6.31. The number of nitro benzene ring substituents is 1. The zero-order valence-corrected chi connectivity index (χ0v) is 13.9. The summed E-state index contributed by atoms with van der Waals surface area (Å²) in [7, 11) is 0. The Morgan fingerprint density at radius 2 is 2.08 bits per heavy atom. The lowest BCUT2D eigenvalue weighted by molar-refractivity contribution is -0.384. The minimum absolute atomic E-state index is 0.101. The Labute approximate surface area is 147 Å². The van der Waals surface area contributed by atoms with E-state index in [0.29, 0.717) is 12.6 Å². The van der Waals surface area contributed by atoms with Crippen molar-refractivity contribution in [2.24, 2.45) is 0 Å². The summed E-state index contributed by atoms with van der Waals surface area (Å²) in [6.45, 7) is 2.07.